The van der Waals surface area contributed by atoms with E-state index >= 15 is 0 Å². The minimum absolute atomic E-state index is 0.0485. The van der Waals surface area contributed by atoms with Crippen molar-refractivity contribution in [1.82, 2.24) is 29.8 Å². The van der Waals surface area contributed by atoms with Gasteiger partial charge in [-0.1, -0.05) is 11.6 Å². The van der Waals surface area contributed by atoms with E-state index in [0.29, 0.717) is 18.0 Å². The van der Waals surface area contributed by atoms with Crippen LogP contribution in [0.3, 0.4) is 0 Å². The molecule has 3 heterocycles. The summed E-state index contributed by atoms with van der Waals surface area (Å²) in [5, 5.41) is 13.1. The molecule has 1 aliphatic heterocycles. The number of nitrogens with one attached hydrogen (secondary N) is 1. The molecule has 2 aromatic rings. The second-order valence-electron chi connectivity index (χ2n) is 7.03. The molecule has 3 rings (SSSR count). The number of carbonyl (C=O) groups is 1. The molecule has 1 fully saturated rings. The molecule has 1 N–H and O–H groups in total. The van der Waals surface area contributed by atoms with Crippen LogP contribution in [0.1, 0.15) is 42.0 Å². The summed E-state index contributed by atoms with van der Waals surface area (Å²) in [6.07, 6.45) is 2.38. The lowest BCUT2D eigenvalue weighted by atomic mass is 9.92. The lowest BCUT2D eigenvalue weighted by Gasteiger charge is -2.26. The Morgan fingerprint density at radius 3 is 2.62 bits per heavy atom. The maximum atomic E-state index is 12.4. The molecule has 0 saturated carbocycles. The van der Waals surface area contributed by atoms with Gasteiger partial charge in [-0.25, -0.2) is 0 Å². The summed E-state index contributed by atoms with van der Waals surface area (Å²) in [6.45, 7) is 8.23. The normalized spacial score (nSPS) is 20.4. The van der Waals surface area contributed by atoms with E-state index in [-0.39, 0.29) is 17.9 Å². The Kier molecular flexibility index (Phi) is 5.39. The lowest BCUT2D eigenvalue weighted by Crippen LogP contribution is -2.30. The first kappa shape index (κ1) is 18.9. The second kappa shape index (κ2) is 7.40. The molecular weight excluding hydrogens is 352 g/mol. The second-order valence-corrected chi connectivity index (χ2v) is 7.44. The summed E-state index contributed by atoms with van der Waals surface area (Å²) in [5.41, 5.74) is 4.12. The molecule has 1 saturated heterocycles. The molecule has 7 nitrogen and oxygen atoms in total. The maximum absolute atomic E-state index is 12.4. The molecule has 0 unspecified atom stereocenters. The van der Waals surface area contributed by atoms with Gasteiger partial charge in [-0.05, 0) is 20.8 Å². The van der Waals surface area contributed by atoms with Crippen LogP contribution in [0.25, 0.3) is 0 Å². The number of amides is 1. The van der Waals surface area contributed by atoms with E-state index in [1.165, 1.54) is 5.56 Å². The third kappa shape index (κ3) is 3.38. The summed E-state index contributed by atoms with van der Waals surface area (Å²) in [6, 6.07) is 0.0485. The average molecular weight is 379 g/mol. The number of hydrogen-bond donors (Lipinski definition) is 1. The van der Waals surface area contributed by atoms with Gasteiger partial charge in [0, 0.05) is 63.5 Å². The molecule has 0 bridgehead atoms. The molecule has 0 aromatic carbocycles. The van der Waals surface area contributed by atoms with Crippen molar-refractivity contribution in [1.29, 1.82) is 0 Å². The van der Waals surface area contributed by atoms with E-state index in [1.807, 2.05) is 48.4 Å². The first-order valence-corrected chi connectivity index (χ1v) is 9.39. The first-order chi connectivity index (χ1) is 12.3. The van der Waals surface area contributed by atoms with Crippen molar-refractivity contribution in [3.8, 4) is 0 Å². The fraction of sp³-hybridized carbons (Fsp3) is 0.611. The van der Waals surface area contributed by atoms with Gasteiger partial charge in [-0.3, -0.25) is 14.2 Å². The van der Waals surface area contributed by atoms with Gasteiger partial charge < -0.3 is 10.2 Å². The van der Waals surface area contributed by atoms with Gasteiger partial charge in [0.05, 0.1) is 22.5 Å². The van der Waals surface area contributed by atoms with Crippen LogP contribution in [-0.4, -0.2) is 44.0 Å². The van der Waals surface area contributed by atoms with Gasteiger partial charge in [-0.2, -0.15) is 10.2 Å². The topological polar surface area (TPSA) is 68.0 Å². The minimum Gasteiger partial charge on any atom is -0.338 e. The summed E-state index contributed by atoms with van der Waals surface area (Å²) in [5.74, 6) is 0.374. The SMILES string of the molecule is CCn1cc(Cl)c(CNC[C@@H]2CC(=O)N(C)[C@H]2c2c(C)nn(C)c2C)n1. The van der Waals surface area contributed by atoms with Crippen LogP contribution < -0.4 is 5.32 Å². The van der Waals surface area contributed by atoms with Crippen molar-refractivity contribution in [2.75, 3.05) is 13.6 Å². The zero-order chi connectivity index (χ0) is 19.0. The Balaban J connectivity index is 1.73. The lowest BCUT2D eigenvalue weighted by molar-refractivity contribution is -0.127. The minimum atomic E-state index is 0.0485. The summed E-state index contributed by atoms with van der Waals surface area (Å²) >= 11 is 6.24. The van der Waals surface area contributed by atoms with Crippen molar-refractivity contribution >= 4 is 17.5 Å². The van der Waals surface area contributed by atoms with Crippen LogP contribution in [0.4, 0.5) is 0 Å². The standard InChI is InChI=1S/C18H27ClN6O/c1-6-25-10-14(19)15(22-25)9-20-8-13-7-16(26)23(4)18(13)17-11(2)21-24(5)12(17)3/h10,13,18,20H,6-9H2,1-5H3/t13-,18+/m0/s1. The fourth-order valence-electron chi connectivity index (χ4n) is 3.88. The number of halogens is 1. The average Bonchev–Trinajstić information content (AvgIpc) is 3.17. The maximum Gasteiger partial charge on any atom is 0.223 e. The van der Waals surface area contributed by atoms with E-state index in [1.54, 1.807) is 0 Å². The van der Waals surface area contributed by atoms with Crippen LogP contribution >= 0.6 is 11.6 Å². The third-order valence-electron chi connectivity index (χ3n) is 5.36. The summed E-state index contributed by atoms with van der Waals surface area (Å²) in [7, 11) is 3.83. The number of aryl methyl sites for hydroxylation is 3. The molecule has 142 valence electrons. The van der Waals surface area contributed by atoms with E-state index in [9.17, 15) is 4.79 Å². The van der Waals surface area contributed by atoms with Crippen molar-refractivity contribution in [2.45, 2.75) is 46.3 Å². The third-order valence-corrected chi connectivity index (χ3v) is 5.68. The van der Waals surface area contributed by atoms with Crippen molar-refractivity contribution in [3.05, 3.63) is 33.9 Å². The van der Waals surface area contributed by atoms with Gasteiger partial charge in [0.15, 0.2) is 0 Å². The fourth-order valence-corrected chi connectivity index (χ4v) is 4.09. The molecule has 8 heteroatoms. The quantitative estimate of drug-likeness (QED) is 0.836. The molecular formula is C18H27ClN6O. The van der Waals surface area contributed by atoms with E-state index in [0.717, 1.165) is 30.2 Å². The Labute approximate surface area is 159 Å². The summed E-state index contributed by atoms with van der Waals surface area (Å²) < 4.78 is 3.72. The molecule has 2 aromatic heterocycles. The largest absolute Gasteiger partial charge is 0.338 e. The van der Waals surface area contributed by atoms with E-state index in [2.05, 4.69) is 22.4 Å². The molecule has 2 atom stereocenters. The number of aromatic nitrogens is 4. The van der Waals surface area contributed by atoms with Crippen LogP contribution in [0.2, 0.25) is 5.02 Å². The van der Waals surface area contributed by atoms with Gasteiger partial charge in [0.2, 0.25) is 5.91 Å². The van der Waals surface area contributed by atoms with Crippen LogP contribution in [-0.2, 0) is 24.9 Å². The Bertz CT molecular complexity index is 811. The molecule has 0 radical (unpaired) electrons. The van der Waals surface area contributed by atoms with Gasteiger partial charge in [-0.15, -0.1) is 0 Å². The van der Waals surface area contributed by atoms with E-state index in [4.69, 9.17) is 11.6 Å². The number of rotatable bonds is 6. The van der Waals surface area contributed by atoms with Crippen molar-refractivity contribution in [2.24, 2.45) is 13.0 Å². The zero-order valence-corrected chi connectivity index (χ0v) is 16.8. The monoisotopic (exact) mass is 378 g/mol. The highest BCUT2D eigenvalue weighted by Crippen LogP contribution is 2.39. The number of hydrogen-bond acceptors (Lipinski definition) is 4. The Morgan fingerprint density at radius 2 is 2.04 bits per heavy atom. The smallest absolute Gasteiger partial charge is 0.223 e. The predicted octanol–water partition coefficient (Wildman–Crippen LogP) is 2.22. The van der Waals surface area contributed by atoms with Crippen LogP contribution in [0, 0.1) is 19.8 Å². The first-order valence-electron chi connectivity index (χ1n) is 9.01. The van der Waals surface area contributed by atoms with E-state index < -0.39 is 0 Å². The molecule has 1 aliphatic rings. The highest BCUT2D eigenvalue weighted by atomic mass is 35.5. The number of carbonyl (C=O) groups excluding carboxylic acids is 1. The Morgan fingerprint density at radius 1 is 1.31 bits per heavy atom. The van der Waals surface area contributed by atoms with Crippen molar-refractivity contribution < 1.29 is 4.79 Å². The molecule has 26 heavy (non-hydrogen) atoms. The van der Waals surface area contributed by atoms with Crippen LogP contribution in [0.15, 0.2) is 6.20 Å². The highest BCUT2D eigenvalue weighted by molar-refractivity contribution is 6.31. The summed E-state index contributed by atoms with van der Waals surface area (Å²) in [4.78, 5) is 14.2. The number of likely N-dealkylation sites (tertiary alicyclic amines) is 1. The number of nitrogens with zero attached hydrogens (tertiary/aromatic N) is 5. The zero-order valence-electron chi connectivity index (χ0n) is 16.1. The molecule has 1 amide bonds. The van der Waals surface area contributed by atoms with Gasteiger partial charge >= 0.3 is 0 Å². The van der Waals surface area contributed by atoms with Gasteiger partial charge in [0.1, 0.15) is 0 Å². The van der Waals surface area contributed by atoms with Crippen molar-refractivity contribution in [3.63, 3.8) is 0 Å². The van der Waals surface area contributed by atoms with Gasteiger partial charge in [0.25, 0.3) is 0 Å². The van der Waals surface area contributed by atoms with Crippen LogP contribution in [0.5, 0.6) is 0 Å². The Hall–Kier alpha value is -1.86. The highest BCUT2D eigenvalue weighted by Gasteiger charge is 2.40. The molecule has 0 spiro atoms. The predicted molar refractivity (Wildman–Crippen MR) is 101 cm³/mol. The molecule has 0 aliphatic carbocycles.